The summed E-state index contributed by atoms with van der Waals surface area (Å²) in [6, 6.07) is 21.7. The predicted octanol–water partition coefficient (Wildman–Crippen LogP) is 14.9. The number of methoxy groups -OCH3 is 1. The van der Waals surface area contributed by atoms with Crippen molar-refractivity contribution in [1.29, 1.82) is 0 Å². The number of aromatic carboxylic acids is 2. The van der Waals surface area contributed by atoms with Crippen LogP contribution in [0.5, 0.6) is 0 Å². The van der Waals surface area contributed by atoms with Crippen molar-refractivity contribution in [1.82, 2.24) is 0 Å². The average Bonchev–Trinajstić information content (AvgIpc) is 1.30. The van der Waals surface area contributed by atoms with E-state index in [2.05, 4.69) is 35.5 Å². The van der Waals surface area contributed by atoms with Gasteiger partial charge < -0.3 is 24.8 Å². The number of ether oxygens (including phenoxy) is 2. The van der Waals surface area contributed by atoms with Gasteiger partial charge in [0.15, 0.2) is 0 Å². The number of carbonyl (C=O) groups is 3. The van der Waals surface area contributed by atoms with Crippen molar-refractivity contribution in [2.75, 3.05) is 7.11 Å². The number of hydrogen-bond acceptors (Lipinski definition) is 9. The van der Waals surface area contributed by atoms with Crippen LogP contribution in [0.25, 0.3) is 6.08 Å². The molecule has 0 heterocycles. The Morgan fingerprint density at radius 2 is 0.967 bits per heavy atom. The van der Waals surface area contributed by atoms with Crippen LogP contribution in [0.15, 0.2) is 84.4 Å². The van der Waals surface area contributed by atoms with Crippen molar-refractivity contribution in [3.8, 4) is 59.2 Å². The van der Waals surface area contributed by atoms with Crippen molar-refractivity contribution < 1.29 is 102 Å². The Kier molecular flexibility index (Phi) is 35.4. The standard InChI is InChI=1S/C16H16F2O2.C16H14F2O2.C15H16F2O.C10H12F2O2.C9H12F2O.2CO2/c2*17-16(18)10-4-2-1-3-5-14(16)11-12-6-8-13(9-7-12)15(19)20;16-15(17)10-5-4-8-14(9-11-15)18-12-13-6-2-1-3-7-13;11-10(12)6-4-2-1-3-5-8(10)7-9(13)14;1-12-8-4-2-3-6-9(10,11)7-5-8;2*2-1-3/h6-9,14H,1-3,5,11H2,(H,19,20);6-9,11H,1-3,5H2,(H,19,20);1-3,6-7,14H,4,8-9,11-12H2;8H,1-3,5,7H2,(H,13,14);8H,2,4-5,7H2,1H3;;/b;14-11+;;;;;. The van der Waals surface area contributed by atoms with Crippen molar-refractivity contribution in [2.45, 2.75) is 190 Å². The first-order valence-electron chi connectivity index (χ1n) is 28.8. The van der Waals surface area contributed by atoms with E-state index >= 15 is 0 Å². The molecule has 22 heteroatoms. The normalized spacial score (nSPS) is 21.4. The highest BCUT2D eigenvalue weighted by molar-refractivity contribution is 5.88. The molecule has 0 fully saturated rings. The second-order valence-electron chi connectivity index (χ2n) is 20.8. The molecular formula is C68H70F10O12. The molecule has 0 spiro atoms. The van der Waals surface area contributed by atoms with Crippen LogP contribution in [0, 0.1) is 71.0 Å². The second kappa shape index (κ2) is 41.0. The Balaban J connectivity index is 0.000000379. The van der Waals surface area contributed by atoms with Gasteiger partial charge in [-0.25, -0.2) is 9.59 Å². The summed E-state index contributed by atoms with van der Waals surface area (Å²) in [5, 5.41) is 26.1. The number of carbonyl (C=O) groups excluding carboxylic acids is 4. The zero-order chi connectivity index (χ0) is 67.1. The maximum absolute atomic E-state index is 13.9. The Bertz CT molecular complexity index is 3140. The zero-order valence-corrected chi connectivity index (χ0v) is 49.5. The zero-order valence-electron chi connectivity index (χ0n) is 49.5. The van der Waals surface area contributed by atoms with Crippen LogP contribution in [0.3, 0.4) is 0 Å². The molecular weight excluding hydrogens is 1200 g/mol. The van der Waals surface area contributed by atoms with E-state index in [1.807, 2.05) is 54.0 Å². The van der Waals surface area contributed by atoms with Crippen molar-refractivity contribution in [2.24, 2.45) is 11.8 Å². The van der Waals surface area contributed by atoms with E-state index < -0.39 is 65.8 Å². The van der Waals surface area contributed by atoms with Gasteiger partial charge in [0, 0.05) is 69.5 Å². The fraction of sp³-hybridized carbons (Fsp3) is 0.485. The van der Waals surface area contributed by atoms with Gasteiger partial charge in [0.05, 0.1) is 36.4 Å². The summed E-state index contributed by atoms with van der Waals surface area (Å²) in [4.78, 5) is 64.4. The van der Waals surface area contributed by atoms with Gasteiger partial charge in [0.1, 0.15) is 0 Å². The van der Waals surface area contributed by atoms with Crippen molar-refractivity contribution in [3.05, 3.63) is 112 Å². The van der Waals surface area contributed by atoms with E-state index in [1.54, 1.807) is 19.2 Å². The molecule has 8 rings (SSSR count). The molecule has 0 saturated heterocycles. The van der Waals surface area contributed by atoms with Crippen molar-refractivity contribution in [3.63, 3.8) is 0 Å². The highest BCUT2D eigenvalue weighted by atomic mass is 19.3. The number of rotatable bonds is 11. The van der Waals surface area contributed by atoms with Crippen LogP contribution >= 0.6 is 0 Å². The molecule has 0 aromatic heterocycles. The van der Waals surface area contributed by atoms with Crippen LogP contribution in [-0.4, -0.2) is 94.5 Å². The number of alkyl halides is 10. The second-order valence-corrected chi connectivity index (χ2v) is 20.8. The van der Waals surface area contributed by atoms with Gasteiger partial charge in [0.2, 0.25) is 0 Å². The van der Waals surface area contributed by atoms with E-state index in [9.17, 15) is 58.3 Å². The third kappa shape index (κ3) is 32.7. The average molecular weight is 1270 g/mol. The Labute approximate surface area is 517 Å². The van der Waals surface area contributed by atoms with Crippen molar-refractivity contribution >= 4 is 36.3 Å². The van der Waals surface area contributed by atoms with Gasteiger partial charge in [-0.3, -0.25) is 4.79 Å². The molecule has 4 unspecified atom stereocenters. The quantitative estimate of drug-likeness (QED) is 0.121. The minimum absolute atomic E-state index is 0.00669. The van der Waals surface area contributed by atoms with E-state index in [0.29, 0.717) is 82.8 Å². The lowest BCUT2D eigenvalue weighted by Crippen LogP contribution is -2.29. The van der Waals surface area contributed by atoms with E-state index in [4.69, 9.17) is 44.0 Å². The van der Waals surface area contributed by atoms with Crippen LogP contribution in [0.4, 0.5) is 43.9 Å². The molecule has 0 saturated carbocycles. The van der Waals surface area contributed by atoms with E-state index in [-0.39, 0.29) is 66.9 Å². The first-order valence-corrected chi connectivity index (χ1v) is 28.8. The number of hydrogen-bond donors (Lipinski definition) is 3. The van der Waals surface area contributed by atoms with Gasteiger partial charge in [-0.15, -0.1) is 0 Å². The number of carboxylic acids is 3. The molecule has 4 atom stereocenters. The SMILES string of the molecule is COC1CCC#CC(F)(F)CC1.FC1(F)C#CCCC(OCc2ccccc2)CC1.O=C(O)CC1CCCCC#CC1(F)F.O=C(O)c1ccc(/C=C2\CCCCC#CC2(F)F)cc1.O=C(O)c1ccc(CC2CCCCC#CC2(F)F)cc1.O=C=O.O=C=O. The lowest BCUT2D eigenvalue weighted by molar-refractivity contribution is -0.193. The number of halogens is 10. The van der Waals surface area contributed by atoms with E-state index in [0.717, 1.165) is 49.7 Å². The Morgan fingerprint density at radius 3 is 1.47 bits per heavy atom. The molecule has 5 aliphatic rings. The molecule has 0 radical (unpaired) electrons. The summed E-state index contributed by atoms with van der Waals surface area (Å²) in [5.41, 5.74) is 2.65. The first kappa shape index (κ1) is 77.7. The highest BCUT2D eigenvalue weighted by Gasteiger charge is 2.40. The summed E-state index contributed by atoms with van der Waals surface area (Å²) in [7, 11) is 1.55. The lowest BCUT2D eigenvalue weighted by atomic mass is 9.87. The van der Waals surface area contributed by atoms with Gasteiger partial charge in [-0.05, 0) is 154 Å². The fourth-order valence-corrected chi connectivity index (χ4v) is 9.04. The third-order valence-corrected chi connectivity index (χ3v) is 13.9. The third-order valence-electron chi connectivity index (χ3n) is 13.9. The van der Waals surface area contributed by atoms with Gasteiger partial charge in [-0.2, -0.15) is 63.1 Å². The topological polar surface area (TPSA) is 199 Å². The van der Waals surface area contributed by atoms with Gasteiger partial charge >= 0.3 is 59.8 Å². The molecule has 12 nitrogen and oxygen atoms in total. The molecule has 0 bridgehead atoms. The predicted molar refractivity (Wildman–Crippen MR) is 310 cm³/mol. The summed E-state index contributed by atoms with van der Waals surface area (Å²) >= 11 is 0. The van der Waals surface area contributed by atoms with Gasteiger partial charge in [0.25, 0.3) is 0 Å². The fourth-order valence-electron chi connectivity index (χ4n) is 9.04. The maximum atomic E-state index is 13.9. The molecule has 3 aromatic rings. The van der Waals surface area contributed by atoms with Crippen LogP contribution < -0.4 is 0 Å². The summed E-state index contributed by atoms with van der Waals surface area (Å²) in [5.74, 6) is 2.33. The molecule has 5 aliphatic carbocycles. The molecule has 0 aliphatic heterocycles. The molecule has 3 N–H and O–H groups in total. The minimum Gasteiger partial charge on any atom is -0.481 e. The number of carboxylic acid groups (broad SMARTS) is 3. The molecule has 90 heavy (non-hydrogen) atoms. The monoisotopic (exact) mass is 1270 g/mol. The number of aliphatic carboxylic acids is 1. The first-order chi connectivity index (χ1) is 42.6. The summed E-state index contributed by atoms with van der Waals surface area (Å²) in [6.45, 7) is 0.477. The summed E-state index contributed by atoms with van der Waals surface area (Å²) in [6.07, 6.45) is 11.4. The van der Waals surface area contributed by atoms with Gasteiger partial charge in [-0.1, -0.05) is 97.0 Å². The summed E-state index contributed by atoms with van der Waals surface area (Å²) < 4.78 is 145. The lowest BCUT2D eigenvalue weighted by Gasteiger charge is -2.24. The molecule has 3 aromatic carbocycles. The molecule has 484 valence electrons. The van der Waals surface area contributed by atoms with Crippen LogP contribution in [0.1, 0.15) is 172 Å². The number of allylic oxidation sites excluding steroid dienone is 1. The molecule has 0 amide bonds. The van der Waals surface area contributed by atoms with E-state index in [1.165, 1.54) is 42.5 Å². The largest absolute Gasteiger partial charge is 0.481 e. The highest BCUT2D eigenvalue weighted by Crippen LogP contribution is 2.35. The minimum atomic E-state index is -3.14. The Morgan fingerprint density at radius 1 is 0.522 bits per heavy atom. The Hall–Kier alpha value is -8.41. The maximum Gasteiger partial charge on any atom is 0.373 e. The van der Waals surface area contributed by atoms with Crippen LogP contribution in [-0.2, 0) is 46.5 Å². The smallest absolute Gasteiger partial charge is 0.373 e. The number of benzene rings is 3. The van der Waals surface area contributed by atoms with Crippen LogP contribution in [0.2, 0.25) is 0 Å².